The van der Waals surface area contributed by atoms with Crippen LogP contribution in [-0.2, 0) is 0 Å². The summed E-state index contributed by atoms with van der Waals surface area (Å²) in [6.45, 7) is 3.42. The number of nitrogen functional groups attached to an aromatic ring is 1. The number of thiazole rings is 1. The van der Waals surface area contributed by atoms with E-state index < -0.39 is 0 Å². The van der Waals surface area contributed by atoms with Crippen molar-refractivity contribution in [2.45, 2.75) is 26.2 Å². The normalized spacial score (nSPS) is 14.1. The molecule has 1 aliphatic heterocycles. The molecule has 0 atom stereocenters. The minimum absolute atomic E-state index is 0.0947. The molecule has 1 saturated heterocycles. The molecule has 10 heteroatoms. The molecule has 0 aliphatic carbocycles. The van der Waals surface area contributed by atoms with Gasteiger partial charge in [0.2, 0.25) is 0 Å². The summed E-state index contributed by atoms with van der Waals surface area (Å²) >= 11 is 1.20. The number of nitrogens with one attached hydrogen (secondary N) is 2. The van der Waals surface area contributed by atoms with Crippen molar-refractivity contribution in [1.82, 2.24) is 19.4 Å². The number of anilines is 2. The van der Waals surface area contributed by atoms with Crippen molar-refractivity contribution in [3.05, 3.63) is 81.9 Å². The second-order valence-electron chi connectivity index (χ2n) is 8.66. The topological polar surface area (TPSA) is 121 Å². The third-order valence-electron chi connectivity index (χ3n) is 6.07. The molecule has 2 amide bonds. The lowest BCUT2D eigenvalue weighted by atomic mass is 10.1. The molecule has 0 saturated carbocycles. The molecule has 0 unspecified atom stereocenters. The Labute approximate surface area is 212 Å². The van der Waals surface area contributed by atoms with Crippen LogP contribution in [0, 0.1) is 6.92 Å². The number of aromatic nitrogens is 3. The SMILES string of the molecule is Cc1ccc(NC(=O)c2[nH]cnc2/N=c2\sc(C(=O)N3CCCCC3)c(N)n2-c2ccccc2)cc1. The first-order valence-corrected chi connectivity index (χ1v) is 12.6. The van der Waals surface area contributed by atoms with Gasteiger partial charge in [-0.2, -0.15) is 4.99 Å². The molecule has 0 radical (unpaired) electrons. The maximum absolute atomic E-state index is 13.3. The van der Waals surface area contributed by atoms with Crippen LogP contribution in [-0.4, -0.2) is 44.3 Å². The van der Waals surface area contributed by atoms with Gasteiger partial charge < -0.3 is 20.9 Å². The minimum atomic E-state index is -0.365. The number of nitrogens with two attached hydrogens (primary N) is 1. The summed E-state index contributed by atoms with van der Waals surface area (Å²) in [7, 11) is 0. The molecule has 36 heavy (non-hydrogen) atoms. The Morgan fingerprint density at radius 3 is 2.50 bits per heavy atom. The fraction of sp³-hybridized carbons (Fsp3) is 0.231. The number of rotatable bonds is 5. The summed E-state index contributed by atoms with van der Waals surface area (Å²) in [5.74, 6) is 0.0717. The molecular weight excluding hydrogens is 474 g/mol. The van der Waals surface area contributed by atoms with E-state index in [1.165, 1.54) is 17.7 Å². The summed E-state index contributed by atoms with van der Waals surface area (Å²) in [5.41, 5.74) is 9.29. The highest BCUT2D eigenvalue weighted by Gasteiger charge is 2.25. The van der Waals surface area contributed by atoms with Crippen LogP contribution in [0.25, 0.3) is 5.69 Å². The van der Waals surface area contributed by atoms with Crippen molar-refractivity contribution in [3.8, 4) is 5.69 Å². The number of benzene rings is 2. The maximum atomic E-state index is 13.3. The van der Waals surface area contributed by atoms with E-state index in [0.717, 1.165) is 43.6 Å². The van der Waals surface area contributed by atoms with Crippen LogP contribution in [0.15, 0.2) is 65.9 Å². The Morgan fingerprint density at radius 2 is 1.78 bits per heavy atom. The van der Waals surface area contributed by atoms with E-state index in [0.29, 0.717) is 21.2 Å². The first-order valence-electron chi connectivity index (χ1n) is 11.8. The van der Waals surface area contributed by atoms with Crippen molar-refractivity contribution >= 4 is 40.5 Å². The van der Waals surface area contributed by atoms with Crippen molar-refractivity contribution in [3.63, 3.8) is 0 Å². The number of aryl methyl sites for hydroxylation is 1. The molecule has 0 bridgehead atoms. The molecule has 5 rings (SSSR count). The number of carbonyl (C=O) groups is 2. The van der Waals surface area contributed by atoms with Gasteiger partial charge in [0.05, 0.1) is 6.33 Å². The molecule has 2 aromatic heterocycles. The monoisotopic (exact) mass is 501 g/mol. The van der Waals surface area contributed by atoms with Crippen molar-refractivity contribution in [1.29, 1.82) is 0 Å². The van der Waals surface area contributed by atoms with Gasteiger partial charge in [-0.05, 0) is 50.5 Å². The van der Waals surface area contributed by atoms with E-state index in [1.807, 2.05) is 66.4 Å². The van der Waals surface area contributed by atoms with E-state index in [-0.39, 0.29) is 23.3 Å². The number of H-pyrrole nitrogens is 1. The first kappa shape index (κ1) is 23.6. The summed E-state index contributed by atoms with van der Waals surface area (Å²) in [5, 5.41) is 2.86. The number of hydrogen-bond donors (Lipinski definition) is 3. The fourth-order valence-corrected chi connectivity index (χ4v) is 5.17. The van der Waals surface area contributed by atoms with Crippen LogP contribution in [0.5, 0.6) is 0 Å². The summed E-state index contributed by atoms with van der Waals surface area (Å²) in [4.78, 5) is 40.9. The highest BCUT2D eigenvalue weighted by Crippen LogP contribution is 2.25. The Morgan fingerprint density at radius 1 is 1.06 bits per heavy atom. The lowest BCUT2D eigenvalue weighted by Crippen LogP contribution is -2.35. The molecule has 9 nitrogen and oxygen atoms in total. The zero-order valence-corrected chi connectivity index (χ0v) is 20.7. The van der Waals surface area contributed by atoms with Crippen molar-refractivity contribution in [2.24, 2.45) is 4.99 Å². The summed E-state index contributed by atoms with van der Waals surface area (Å²) in [6.07, 6.45) is 4.52. The second kappa shape index (κ2) is 10.2. The molecule has 184 valence electrons. The van der Waals surface area contributed by atoms with Gasteiger partial charge in [0, 0.05) is 24.5 Å². The Balaban J connectivity index is 1.55. The maximum Gasteiger partial charge on any atom is 0.276 e. The molecular formula is C26H27N7O2S. The van der Waals surface area contributed by atoms with Crippen LogP contribution in [0.2, 0.25) is 0 Å². The number of amides is 2. The van der Waals surface area contributed by atoms with Gasteiger partial charge in [-0.15, -0.1) is 0 Å². The second-order valence-corrected chi connectivity index (χ2v) is 9.63. The third kappa shape index (κ3) is 4.80. The molecule has 0 spiro atoms. The number of aromatic amines is 1. The molecule has 3 heterocycles. The zero-order valence-electron chi connectivity index (χ0n) is 19.9. The number of para-hydroxylation sites is 1. The Kier molecular flexibility index (Phi) is 6.68. The average Bonchev–Trinajstić information content (AvgIpc) is 3.50. The average molecular weight is 502 g/mol. The van der Waals surface area contributed by atoms with E-state index >= 15 is 0 Å². The van der Waals surface area contributed by atoms with Crippen LogP contribution in [0.3, 0.4) is 0 Å². The number of carbonyl (C=O) groups excluding carboxylic acids is 2. The molecule has 4 aromatic rings. The molecule has 1 aliphatic rings. The van der Waals surface area contributed by atoms with Gasteiger partial charge in [0.25, 0.3) is 11.8 Å². The standard InChI is InChI=1S/C26H27N7O2S/c1-17-10-12-18(13-11-17)30-24(34)20-23(29-16-28-20)31-26-33(19-8-4-2-5-9-19)22(27)21(36-26)25(35)32-14-6-3-7-15-32/h2,4-5,8-13,16H,3,6-7,14-15,27H2,1H3,(H,28,29)(H,30,34)/b31-26-. The molecule has 4 N–H and O–H groups in total. The van der Waals surface area contributed by atoms with Gasteiger partial charge in [0.15, 0.2) is 16.3 Å². The Bertz CT molecular complexity index is 1450. The lowest BCUT2D eigenvalue weighted by molar-refractivity contribution is 0.0729. The number of imidazole rings is 1. The summed E-state index contributed by atoms with van der Waals surface area (Å²) < 4.78 is 1.73. The first-order chi connectivity index (χ1) is 17.5. The van der Waals surface area contributed by atoms with Gasteiger partial charge >= 0.3 is 0 Å². The number of nitrogens with zero attached hydrogens (tertiary/aromatic N) is 4. The van der Waals surface area contributed by atoms with Crippen LogP contribution < -0.4 is 15.9 Å². The third-order valence-corrected chi connectivity index (χ3v) is 7.11. The predicted octanol–water partition coefficient (Wildman–Crippen LogP) is 4.26. The van der Waals surface area contributed by atoms with E-state index in [1.54, 1.807) is 4.57 Å². The predicted molar refractivity (Wildman–Crippen MR) is 141 cm³/mol. The van der Waals surface area contributed by atoms with Crippen LogP contribution in [0.4, 0.5) is 17.3 Å². The number of hydrogen-bond acceptors (Lipinski definition) is 6. The van der Waals surface area contributed by atoms with Crippen molar-refractivity contribution < 1.29 is 9.59 Å². The van der Waals surface area contributed by atoms with E-state index in [9.17, 15) is 9.59 Å². The smallest absolute Gasteiger partial charge is 0.276 e. The Hall–Kier alpha value is -4.18. The lowest BCUT2D eigenvalue weighted by Gasteiger charge is -2.26. The number of piperidine rings is 1. The highest BCUT2D eigenvalue weighted by atomic mass is 32.1. The van der Waals surface area contributed by atoms with Gasteiger partial charge in [-0.25, -0.2) is 4.98 Å². The zero-order chi connectivity index (χ0) is 25.1. The van der Waals surface area contributed by atoms with Crippen LogP contribution in [0.1, 0.15) is 45.0 Å². The van der Waals surface area contributed by atoms with Gasteiger partial charge in [-0.3, -0.25) is 14.2 Å². The summed E-state index contributed by atoms with van der Waals surface area (Å²) in [6, 6.07) is 17.0. The highest BCUT2D eigenvalue weighted by molar-refractivity contribution is 7.12. The number of likely N-dealkylation sites (tertiary alicyclic amines) is 1. The fourth-order valence-electron chi connectivity index (χ4n) is 4.15. The molecule has 2 aromatic carbocycles. The van der Waals surface area contributed by atoms with E-state index in [4.69, 9.17) is 10.7 Å². The van der Waals surface area contributed by atoms with Crippen LogP contribution >= 0.6 is 11.3 Å². The largest absolute Gasteiger partial charge is 0.383 e. The van der Waals surface area contributed by atoms with Gasteiger partial charge in [-0.1, -0.05) is 47.2 Å². The molecule has 1 fully saturated rings. The minimum Gasteiger partial charge on any atom is -0.383 e. The van der Waals surface area contributed by atoms with E-state index in [2.05, 4.69) is 15.3 Å². The van der Waals surface area contributed by atoms with Gasteiger partial charge in [0.1, 0.15) is 10.7 Å². The van der Waals surface area contributed by atoms with Crippen molar-refractivity contribution in [2.75, 3.05) is 24.1 Å². The quantitative estimate of drug-likeness (QED) is 0.378.